The van der Waals surface area contributed by atoms with E-state index in [9.17, 15) is 5.26 Å². The molecule has 2 aromatic rings. The van der Waals surface area contributed by atoms with Crippen LogP contribution in [0.3, 0.4) is 0 Å². The van der Waals surface area contributed by atoms with E-state index in [1.165, 1.54) is 16.7 Å². The molecule has 0 spiro atoms. The molecule has 20 heavy (non-hydrogen) atoms. The van der Waals surface area contributed by atoms with Crippen LogP contribution in [0.1, 0.15) is 42.0 Å². The highest BCUT2D eigenvalue weighted by Crippen LogP contribution is 2.21. The van der Waals surface area contributed by atoms with E-state index in [1.54, 1.807) is 0 Å². The summed E-state index contributed by atoms with van der Waals surface area (Å²) in [6.07, 6.45) is 2.88. The summed E-state index contributed by atoms with van der Waals surface area (Å²) in [4.78, 5) is 0. The van der Waals surface area contributed by atoms with Crippen LogP contribution in [0.25, 0.3) is 0 Å². The van der Waals surface area contributed by atoms with Crippen LogP contribution in [-0.2, 0) is 19.3 Å². The number of hydrogen-bond donors (Lipinski definition) is 0. The van der Waals surface area contributed by atoms with Gasteiger partial charge in [0.2, 0.25) is 0 Å². The Morgan fingerprint density at radius 2 is 1.25 bits per heavy atom. The molecule has 0 aliphatic heterocycles. The van der Waals surface area contributed by atoms with Gasteiger partial charge < -0.3 is 0 Å². The van der Waals surface area contributed by atoms with Crippen molar-refractivity contribution in [2.75, 3.05) is 0 Å². The average molecular weight is 263 g/mol. The lowest BCUT2D eigenvalue weighted by Gasteiger charge is -2.11. The van der Waals surface area contributed by atoms with Gasteiger partial charge >= 0.3 is 0 Å². The summed E-state index contributed by atoms with van der Waals surface area (Å²) in [6, 6.07) is 19.5. The van der Waals surface area contributed by atoms with Crippen molar-refractivity contribution in [2.45, 2.75) is 39.0 Å². The zero-order valence-electron chi connectivity index (χ0n) is 12.3. The zero-order chi connectivity index (χ0) is 14.4. The number of hydrogen-bond acceptors (Lipinski definition) is 1. The first-order chi connectivity index (χ1) is 9.76. The Bertz CT molecular complexity index is 573. The topological polar surface area (TPSA) is 23.8 Å². The average Bonchev–Trinajstić information content (AvgIpc) is 2.53. The molecule has 0 amide bonds. The minimum absolute atomic E-state index is 0.0617. The number of rotatable bonds is 5. The Hall–Kier alpha value is -2.07. The van der Waals surface area contributed by atoms with Gasteiger partial charge in [0.05, 0.1) is 12.0 Å². The zero-order valence-corrected chi connectivity index (χ0v) is 12.3. The summed E-state index contributed by atoms with van der Waals surface area (Å²) < 4.78 is 0. The van der Waals surface area contributed by atoms with Crippen molar-refractivity contribution in [1.29, 1.82) is 5.26 Å². The molecule has 1 nitrogen and oxygen atoms in total. The third kappa shape index (κ3) is 3.48. The maximum Gasteiger partial charge on any atom is 0.0753 e. The van der Waals surface area contributed by atoms with Gasteiger partial charge in [-0.2, -0.15) is 5.26 Å². The molecule has 0 heterocycles. The lowest BCUT2D eigenvalue weighted by atomic mass is 9.92. The summed E-state index contributed by atoms with van der Waals surface area (Å²) in [6.45, 7) is 4.30. The summed E-state index contributed by atoms with van der Waals surface area (Å²) in [7, 11) is 0. The number of nitrogens with zero attached hydrogens (tertiary/aromatic N) is 1. The monoisotopic (exact) mass is 263 g/mol. The largest absolute Gasteiger partial charge is 0.198 e. The Morgan fingerprint density at radius 1 is 0.800 bits per heavy atom. The number of aryl methyl sites for hydroxylation is 2. The maximum absolute atomic E-state index is 9.42. The van der Waals surface area contributed by atoms with E-state index in [0.29, 0.717) is 0 Å². The minimum atomic E-state index is -0.0617. The maximum atomic E-state index is 9.42. The predicted molar refractivity (Wildman–Crippen MR) is 83.7 cm³/mol. The molecule has 2 aromatic carbocycles. The Kier molecular flexibility index (Phi) is 4.96. The molecular weight excluding hydrogens is 242 g/mol. The van der Waals surface area contributed by atoms with Crippen molar-refractivity contribution in [1.82, 2.24) is 0 Å². The predicted octanol–water partition coefficient (Wildman–Crippen LogP) is 4.66. The van der Waals surface area contributed by atoms with Gasteiger partial charge in [-0.1, -0.05) is 62.4 Å². The van der Waals surface area contributed by atoms with Crippen LogP contribution in [0.15, 0.2) is 48.5 Å². The summed E-state index contributed by atoms with van der Waals surface area (Å²) in [5.74, 6) is -0.0617. The van der Waals surface area contributed by atoms with Crippen LogP contribution in [-0.4, -0.2) is 0 Å². The molecule has 0 aromatic heterocycles. The van der Waals surface area contributed by atoms with Gasteiger partial charge in [0, 0.05) is 0 Å². The fourth-order valence-electron chi connectivity index (χ4n) is 2.37. The van der Waals surface area contributed by atoms with E-state index in [2.05, 4.69) is 68.4 Å². The fraction of sp³-hybridized carbons (Fsp3) is 0.316. The molecule has 0 saturated heterocycles. The second-order valence-corrected chi connectivity index (χ2v) is 5.15. The molecule has 0 N–H and O–H groups in total. The normalized spacial score (nSPS) is 11.8. The molecule has 1 atom stereocenters. The van der Waals surface area contributed by atoms with Gasteiger partial charge in [-0.25, -0.2) is 0 Å². The van der Waals surface area contributed by atoms with Crippen molar-refractivity contribution in [3.63, 3.8) is 0 Å². The molecule has 1 unspecified atom stereocenters. The van der Waals surface area contributed by atoms with Gasteiger partial charge in [-0.15, -0.1) is 0 Å². The molecule has 2 rings (SSSR count). The van der Waals surface area contributed by atoms with Gasteiger partial charge in [-0.3, -0.25) is 0 Å². The Labute approximate surface area is 121 Å². The Morgan fingerprint density at radius 3 is 1.70 bits per heavy atom. The van der Waals surface area contributed by atoms with Gasteiger partial charge in [-0.05, 0) is 41.5 Å². The van der Waals surface area contributed by atoms with Crippen LogP contribution in [0.2, 0.25) is 0 Å². The molecule has 0 radical (unpaired) electrons. The van der Waals surface area contributed by atoms with E-state index < -0.39 is 0 Å². The van der Waals surface area contributed by atoms with Crippen LogP contribution in [0.4, 0.5) is 0 Å². The summed E-state index contributed by atoms with van der Waals surface area (Å²) in [5, 5.41) is 9.42. The lowest BCUT2D eigenvalue weighted by molar-refractivity contribution is 0.847. The van der Waals surface area contributed by atoms with Gasteiger partial charge in [0.25, 0.3) is 0 Å². The molecular formula is C19H21N. The van der Waals surface area contributed by atoms with Crippen molar-refractivity contribution in [3.8, 4) is 6.07 Å². The fourth-order valence-corrected chi connectivity index (χ4v) is 2.37. The highest BCUT2D eigenvalue weighted by atomic mass is 14.3. The smallest absolute Gasteiger partial charge is 0.0753 e. The van der Waals surface area contributed by atoms with Crippen molar-refractivity contribution in [3.05, 3.63) is 70.8 Å². The van der Waals surface area contributed by atoms with E-state index in [0.717, 1.165) is 24.8 Å². The van der Waals surface area contributed by atoms with Crippen molar-refractivity contribution in [2.24, 2.45) is 0 Å². The van der Waals surface area contributed by atoms with Crippen molar-refractivity contribution < 1.29 is 0 Å². The van der Waals surface area contributed by atoms with Crippen molar-refractivity contribution >= 4 is 0 Å². The molecule has 1 heteroatoms. The van der Waals surface area contributed by atoms with E-state index >= 15 is 0 Å². The van der Waals surface area contributed by atoms with E-state index in [4.69, 9.17) is 0 Å². The van der Waals surface area contributed by atoms with E-state index in [-0.39, 0.29) is 5.92 Å². The second kappa shape index (κ2) is 6.91. The molecule has 0 aliphatic carbocycles. The van der Waals surface area contributed by atoms with Crippen LogP contribution in [0, 0.1) is 11.3 Å². The molecule has 102 valence electrons. The Balaban J connectivity index is 2.13. The lowest BCUT2D eigenvalue weighted by Crippen LogP contribution is -2.01. The summed E-state index contributed by atoms with van der Waals surface area (Å²) >= 11 is 0. The molecule has 0 aliphatic rings. The molecule has 0 fully saturated rings. The number of nitriles is 1. The minimum Gasteiger partial charge on any atom is -0.198 e. The standard InChI is InChI=1S/C19H21N/c1-3-15-5-7-17(8-6-15)13-19(14-20)18-11-9-16(4-2)10-12-18/h5-12,19H,3-4,13H2,1-2H3. The second-order valence-electron chi connectivity index (χ2n) is 5.15. The highest BCUT2D eigenvalue weighted by molar-refractivity contribution is 5.32. The first-order valence-corrected chi connectivity index (χ1v) is 7.33. The molecule has 0 saturated carbocycles. The first kappa shape index (κ1) is 14.3. The van der Waals surface area contributed by atoms with Crippen LogP contribution in [0.5, 0.6) is 0 Å². The van der Waals surface area contributed by atoms with Gasteiger partial charge in [0.1, 0.15) is 0 Å². The molecule has 0 bridgehead atoms. The number of benzene rings is 2. The van der Waals surface area contributed by atoms with Crippen LogP contribution < -0.4 is 0 Å². The van der Waals surface area contributed by atoms with Crippen LogP contribution >= 0.6 is 0 Å². The third-order valence-corrected chi connectivity index (χ3v) is 3.82. The highest BCUT2D eigenvalue weighted by Gasteiger charge is 2.11. The SMILES string of the molecule is CCc1ccc(CC(C#N)c2ccc(CC)cc2)cc1. The quantitative estimate of drug-likeness (QED) is 0.769. The van der Waals surface area contributed by atoms with E-state index in [1.807, 2.05) is 0 Å². The third-order valence-electron chi connectivity index (χ3n) is 3.82. The summed E-state index contributed by atoms with van der Waals surface area (Å²) in [5.41, 5.74) is 5.00. The first-order valence-electron chi connectivity index (χ1n) is 7.33. The van der Waals surface area contributed by atoms with Gasteiger partial charge in [0.15, 0.2) is 0 Å².